The predicted octanol–water partition coefficient (Wildman–Crippen LogP) is 3.00. The molecule has 0 aromatic heterocycles. The fourth-order valence-electron chi connectivity index (χ4n) is 2.19. The van der Waals surface area contributed by atoms with Crippen LogP contribution in [-0.4, -0.2) is 5.91 Å². The number of carbonyl (C=O) groups excluding carboxylic acids is 1. The Hall–Kier alpha value is -2.29. The standard InChI is InChI=1S/C17H20N2O/c1-12-6-3-4-7-14(12)11-17(20)19-13(2)15-8-5-9-16(18)10-15/h3-10,13H,11,18H2,1-2H3,(H,19,20). The SMILES string of the molecule is Cc1ccccc1CC(=O)NC(C)c1cccc(N)c1. The molecule has 0 heterocycles. The van der Waals surface area contributed by atoms with Crippen molar-refractivity contribution in [2.75, 3.05) is 5.73 Å². The number of rotatable bonds is 4. The molecule has 2 aromatic carbocycles. The third-order valence-electron chi connectivity index (χ3n) is 3.40. The molecule has 1 amide bonds. The van der Waals surface area contributed by atoms with E-state index >= 15 is 0 Å². The first-order valence-electron chi connectivity index (χ1n) is 6.75. The minimum absolute atomic E-state index is 0.0224. The van der Waals surface area contributed by atoms with E-state index in [1.54, 1.807) is 0 Å². The van der Waals surface area contributed by atoms with Gasteiger partial charge in [0, 0.05) is 5.69 Å². The van der Waals surface area contributed by atoms with Gasteiger partial charge in [0.2, 0.25) is 5.91 Å². The number of aryl methyl sites for hydroxylation is 1. The van der Waals surface area contributed by atoms with Crippen LogP contribution >= 0.6 is 0 Å². The maximum atomic E-state index is 12.1. The first-order chi connectivity index (χ1) is 9.56. The Kier molecular flexibility index (Phi) is 4.41. The predicted molar refractivity (Wildman–Crippen MR) is 82.3 cm³/mol. The van der Waals surface area contributed by atoms with Gasteiger partial charge in [0.05, 0.1) is 12.5 Å². The first-order valence-corrected chi connectivity index (χ1v) is 6.75. The van der Waals surface area contributed by atoms with Gasteiger partial charge in [-0.05, 0) is 42.7 Å². The molecule has 0 fully saturated rings. The van der Waals surface area contributed by atoms with E-state index in [4.69, 9.17) is 5.73 Å². The van der Waals surface area contributed by atoms with E-state index in [9.17, 15) is 4.79 Å². The maximum absolute atomic E-state index is 12.1. The summed E-state index contributed by atoms with van der Waals surface area (Å²) < 4.78 is 0. The number of anilines is 1. The molecular formula is C17H20N2O. The van der Waals surface area contributed by atoms with Crippen LogP contribution in [0.3, 0.4) is 0 Å². The molecular weight excluding hydrogens is 248 g/mol. The molecule has 0 radical (unpaired) electrons. The largest absolute Gasteiger partial charge is 0.399 e. The normalized spacial score (nSPS) is 11.9. The van der Waals surface area contributed by atoms with Crippen LogP contribution in [-0.2, 0) is 11.2 Å². The monoisotopic (exact) mass is 268 g/mol. The van der Waals surface area contributed by atoms with Gasteiger partial charge < -0.3 is 11.1 Å². The highest BCUT2D eigenvalue weighted by Gasteiger charge is 2.11. The van der Waals surface area contributed by atoms with Gasteiger partial charge in [-0.3, -0.25) is 4.79 Å². The van der Waals surface area contributed by atoms with Gasteiger partial charge in [-0.2, -0.15) is 0 Å². The summed E-state index contributed by atoms with van der Waals surface area (Å²) >= 11 is 0. The lowest BCUT2D eigenvalue weighted by atomic mass is 10.0. The molecule has 0 spiro atoms. The van der Waals surface area contributed by atoms with Crippen molar-refractivity contribution in [2.45, 2.75) is 26.3 Å². The van der Waals surface area contributed by atoms with E-state index < -0.39 is 0 Å². The van der Waals surface area contributed by atoms with Crippen LogP contribution < -0.4 is 11.1 Å². The Morgan fingerprint density at radius 1 is 1.20 bits per heavy atom. The summed E-state index contributed by atoms with van der Waals surface area (Å²) in [6, 6.07) is 15.5. The first kappa shape index (κ1) is 14.1. The number of hydrogen-bond acceptors (Lipinski definition) is 2. The minimum Gasteiger partial charge on any atom is -0.399 e. The quantitative estimate of drug-likeness (QED) is 0.837. The van der Waals surface area contributed by atoms with Crippen molar-refractivity contribution in [3.8, 4) is 0 Å². The lowest BCUT2D eigenvalue weighted by Crippen LogP contribution is -2.28. The van der Waals surface area contributed by atoms with Crippen LogP contribution in [0.1, 0.15) is 29.7 Å². The van der Waals surface area contributed by atoms with Crippen molar-refractivity contribution >= 4 is 11.6 Å². The van der Waals surface area contributed by atoms with Gasteiger partial charge in [-0.25, -0.2) is 0 Å². The average Bonchev–Trinajstić information content (AvgIpc) is 2.41. The van der Waals surface area contributed by atoms with Crippen LogP contribution in [0.2, 0.25) is 0 Å². The number of hydrogen-bond donors (Lipinski definition) is 2. The van der Waals surface area contributed by atoms with E-state index in [0.29, 0.717) is 12.1 Å². The third-order valence-corrected chi connectivity index (χ3v) is 3.40. The topological polar surface area (TPSA) is 55.1 Å². The van der Waals surface area contributed by atoms with Crippen LogP contribution in [0.4, 0.5) is 5.69 Å². The molecule has 2 rings (SSSR count). The summed E-state index contributed by atoms with van der Waals surface area (Å²) in [5, 5.41) is 3.00. The molecule has 3 nitrogen and oxygen atoms in total. The molecule has 3 N–H and O–H groups in total. The van der Waals surface area contributed by atoms with Gasteiger partial charge in [0.15, 0.2) is 0 Å². The Morgan fingerprint density at radius 2 is 1.95 bits per heavy atom. The molecule has 0 saturated heterocycles. The van der Waals surface area contributed by atoms with E-state index in [-0.39, 0.29) is 11.9 Å². The Labute approximate surface area is 119 Å². The van der Waals surface area contributed by atoms with Crippen LogP contribution in [0.5, 0.6) is 0 Å². The van der Waals surface area contributed by atoms with Gasteiger partial charge >= 0.3 is 0 Å². The number of nitrogens with one attached hydrogen (secondary N) is 1. The molecule has 0 aliphatic carbocycles. The summed E-state index contributed by atoms with van der Waals surface area (Å²) in [7, 11) is 0. The summed E-state index contributed by atoms with van der Waals surface area (Å²) in [6.45, 7) is 3.98. The summed E-state index contributed by atoms with van der Waals surface area (Å²) in [5.41, 5.74) is 9.68. The molecule has 2 aromatic rings. The average molecular weight is 268 g/mol. The molecule has 104 valence electrons. The van der Waals surface area contributed by atoms with Crippen LogP contribution in [0.25, 0.3) is 0 Å². The van der Waals surface area contributed by atoms with Crippen LogP contribution in [0.15, 0.2) is 48.5 Å². The number of nitrogen functional groups attached to an aromatic ring is 1. The van der Waals surface area contributed by atoms with Gasteiger partial charge in [0.1, 0.15) is 0 Å². The highest BCUT2D eigenvalue weighted by molar-refractivity contribution is 5.79. The summed E-state index contributed by atoms with van der Waals surface area (Å²) in [6.07, 6.45) is 0.402. The Balaban J connectivity index is 2.00. The van der Waals surface area contributed by atoms with E-state index in [0.717, 1.165) is 16.7 Å². The van der Waals surface area contributed by atoms with Crippen molar-refractivity contribution in [1.82, 2.24) is 5.32 Å². The van der Waals surface area contributed by atoms with Crippen molar-refractivity contribution in [3.05, 3.63) is 65.2 Å². The summed E-state index contributed by atoms with van der Waals surface area (Å²) in [4.78, 5) is 12.1. The van der Waals surface area contributed by atoms with Crippen molar-refractivity contribution in [2.24, 2.45) is 0 Å². The number of amides is 1. The van der Waals surface area contributed by atoms with Crippen molar-refractivity contribution in [1.29, 1.82) is 0 Å². The molecule has 1 atom stereocenters. The van der Waals surface area contributed by atoms with E-state index in [1.165, 1.54) is 0 Å². The minimum atomic E-state index is -0.0463. The molecule has 3 heteroatoms. The molecule has 0 saturated carbocycles. The second-order valence-corrected chi connectivity index (χ2v) is 5.06. The van der Waals surface area contributed by atoms with E-state index in [1.807, 2.05) is 62.4 Å². The summed E-state index contributed by atoms with van der Waals surface area (Å²) in [5.74, 6) is 0.0224. The van der Waals surface area contributed by atoms with Gasteiger partial charge in [-0.15, -0.1) is 0 Å². The third kappa shape index (κ3) is 3.60. The zero-order valence-corrected chi connectivity index (χ0v) is 11.9. The second-order valence-electron chi connectivity index (χ2n) is 5.06. The second kappa shape index (κ2) is 6.24. The van der Waals surface area contributed by atoms with Crippen molar-refractivity contribution in [3.63, 3.8) is 0 Å². The molecule has 20 heavy (non-hydrogen) atoms. The fourth-order valence-corrected chi connectivity index (χ4v) is 2.19. The number of carbonyl (C=O) groups is 1. The number of benzene rings is 2. The maximum Gasteiger partial charge on any atom is 0.224 e. The molecule has 1 unspecified atom stereocenters. The van der Waals surface area contributed by atoms with Crippen molar-refractivity contribution < 1.29 is 4.79 Å². The van der Waals surface area contributed by atoms with Gasteiger partial charge in [0.25, 0.3) is 0 Å². The highest BCUT2D eigenvalue weighted by atomic mass is 16.1. The lowest BCUT2D eigenvalue weighted by Gasteiger charge is -2.15. The van der Waals surface area contributed by atoms with E-state index in [2.05, 4.69) is 5.32 Å². The zero-order chi connectivity index (χ0) is 14.5. The smallest absolute Gasteiger partial charge is 0.224 e. The molecule has 0 aliphatic rings. The van der Waals surface area contributed by atoms with Crippen LogP contribution in [0, 0.1) is 6.92 Å². The molecule has 0 aliphatic heterocycles. The Bertz CT molecular complexity index is 607. The highest BCUT2D eigenvalue weighted by Crippen LogP contribution is 2.16. The molecule has 0 bridgehead atoms. The van der Waals surface area contributed by atoms with Gasteiger partial charge in [-0.1, -0.05) is 36.4 Å². The zero-order valence-electron chi connectivity index (χ0n) is 11.9. The number of nitrogens with two attached hydrogens (primary N) is 1. The lowest BCUT2D eigenvalue weighted by molar-refractivity contribution is -0.121. The fraction of sp³-hybridized carbons (Fsp3) is 0.235. The Morgan fingerprint density at radius 3 is 2.65 bits per heavy atom.